The number of urea groups is 1. The third-order valence-electron chi connectivity index (χ3n) is 5.03. The molecule has 1 aliphatic heterocycles. The van der Waals surface area contributed by atoms with Crippen molar-refractivity contribution >= 4 is 12.0 Å². The second-order valence-electron chi connectivity index (χ2n) is 6.97. The van der Waals surface area contributed by atoms with Gasteiger partial charge in [0.05, 0.1) is 18.2 Å². The maximum atomic E-state index is 12.2. The van der Waals surface area contributed by atoms with E-state index in [0.29, 0.717) is 13.0 Å². The van der Waals surface area contributed by atoms with Crippen LogP contribution in [-0.2, 0) is 11.2 Å². The zero-order chi connectivity index (χ0) is 17.1. The van der Waals surface area contributed by atoms with Crippen LogP contribution in [0.2, 0.25) is 0 Å². The van der Waals surface area contributed by atoms with Gasteiger partial charge in [0.1, 0.15) is 5.82 Å². The summed E-state index contributed by atoms with van der Waals surface area (Å²) in [6.07, 6.45) is 6.21. The number of benzene rings is 1. The van der Waals surface area contributed by atoms with Gasteiger partial charge >= 0.3 is 6.03 Å². The van der Waals surface area contributed by atoms with E-state index in [1.807, 2.05) is 30.3 Å². The van der Waals surface area contributed by atoms with Crippen molar-refractivity contribution in [2.75, 3.05) is 11.9 Å². The fraction of sp³-hybridized carbons (Fsp3) is 0.500. The fourth-order valence-electron chi connectivity index (χ4n) is 3.85. The number of nitrogens with zero attached hydrogens (tertiary/aromatic N) is 2. The quantitative estimate of drug-likeness (QED) is 0.797. The molecule has 2 heterocycles. The summed E-state index contributed by atoms with van der Waals surface area (Å²) in [5, 5.41) is 12.6. The van der Waals surface area contributed by atoms with Gasteiger partial charge in [-0.3, -0.25) is 10.4 Å². The highest BCUT2D eigenvalue weighted by Gasteiger charge is 2.42. The zero-order valence-corrected chi connectivity index (χ0v) is 14.1. The first-order valence-corrected chi connectivity index (χ1v) is 8.87. The van der Waals surface area contributed by atoms with Crippen LogP contribution >= 0.6 is 0 Å². The maximum absolute atomic E-state index is 12.2. The normalized spacial score (nSPS) is 21.5. The monoisotopic (exact) mass is 341 g/mol. The molecule has 0 radical (unpaired) electrons. The van der Waals surface area contributed by atoms with Gasteiger partial charge in [0.25, 0.3) is 0 Å². The van der Waals surface area contributed by atoms with E-state index in [0.717, 1.165) is 30.7 Å². The van der Waals surface area contributed by atoms with E-state index in [-0.39, 0.29) is 23.6 Å². The van der Waals surface area contributed by atoms with Crippen LogP contribution in [0, 0.1) is 0 Å². The van der Waals surface area contributed by atoms with Gasteiger partial charge < -0.3 is 10.1 Å². The molecule has 1 unspecified atom stereocenters. The fourth-order valence-corrected chi connectivity index (χ4v) is 3.85. The second kappa shape index (κ2) is 6.84. The molecule has 1 atom stereocenters. The number of H-pyrrole nitrogens is 1. The Bertz CT molecular complexity index is 724. The number of aromatic nitrogens is 3. The minimum atomic E-state index is -0.283. The van der Waals surface area contributed by atoms with Crippen molar-refractivity contribution in [3.05, 3.63) is 41.7 Å². The smallest absolute Gasteiger partial charge is 0.321 e. The summed E-state index contributed by atoms with van der Waals surface area (Å²) in [5.41, 5.74) is 1.14. The van der Waals surface area contributed by atoms with Crippen molar-refractivity contribution in [1.29, 1.82) is 0 Å². The van der Waals surface area contributed by atoms with Gasteiger partial charge in [-0.25, -0.2) is 4.79 Å². The summed E-state index contributed by atoms with van der Waals surface area (Å²) in [7, 11) is 0. The average molecular weight is 341 g/mol. The number of anilines is 1. The highest BCUT2D eigenvalue weighted by Crippen LogP contribution is 2.40. The molecular formula is C18H23N5O2. The lowest BCUT2D eigenvalue weighted by Gasteiger charge is -2.21. The summed E-state index contributed by atoms with van der Waals surface area (Å²) < 4.78 is 5.96. The molecule has 7 nitrogen and oxygen atoms in total. The average Bonchev–Trinajstić information content (AvgIpc) is 3.33. The highest BCUT2D eigenvalue weighted by molar-refractivity contribution is 5.87. The van der Waals surface area contributed by atoms with Gasteiger partial charge in [0.2, 0.25) is 5.95 Å². The zero-order valence-electron chi connectivity index (χ0n) is 14.1. The van der Waals surface area contributed by atoms with E-state index in [1.165, 1.54) is 12.8 Å². The van der Waals surface area contributed by atoms with Crippen molar-refractivity contribution in [2.24, 2.45) is 0 Å². The van der Waals surface area contributed by atoms with Crippen LogP contribution in [0.1, 0.15) is 43.5 Å². The maximum Gasteiger partial charge on any atom is 0.321 e. The van der Waals surface area contributed by atoms with Crippen LogP contribution in [-0.4, -0.2) is 39.5 Å². The molecule has 4 rings (SSSR count). The van der Waals surface area contributed by atoms with Crippen LogP contribution in [0.5, 0.6) is 0 Å². The molecule has 7 heteroatoms. The topological polar surface area (TPSA) is 91.9 Å². The van der Waals surface area contributed by atoms with E-state index in [9.17, 15) is 4.79 Å². The summed E-state index contributed by atoms with van der Waals surface area (Å²) in [4.78, 5) is 16.5. The van der Waals surface area contributed by atoms with Crippen LogP contribution < -0.4 is 10.6 Å². The number of rotatable bonds is 4. The molecule has 1 saturated heterocycles. The lowest BCUT2D eigenvalue weighted by atomic mass is 9.96. The Hall–Kier alpha value is -2.41. The van der Waals surface area contributed by atoms with Crippen LogP contribution in [0.3, 0.4) is 0 Å². The van der Waals surface area contributed by atoms with E-state index >= 15 is 0 Å². The van der Waals surface area contributed by atoms with Crippen LogP contribution in [0.15, 0.2) is 30.3 Å². The molecule has 2 aliphatic rings. The molecule has 0 bridgehead atoms. The number of nitrogens with one attached hydrogen (secondary N) is 3. The first kappa shape index (κ1) is 16.1. The third-order valence-corrected chi connectivity index (χ3v) is 5.03. The van der Waals surface area contributed by atoms with Crippen molar-refractivity contribution < 1.29 is 9.53 Å². The van der Waals surface area contributed by atoms with Crippen molar-refractivity contribution in [3.8, 4) is 0 Å². The predicted octanol–water partition coefficient (Wildman–Crippen LogP) is 2.62. The first-order chi connectivity index (χ1) is 12.2. The molecule has 2 aromatic rings. The van der Waals surface area contributed by atoms with Crippen LogP contribution in [0.25, 0.3) is 0 Å². The van der Waals surface area contributed by atoms with Crippen molar-refractivity contribution in [2.45, 2.75) is 50.2 Å². The third kappa shape index (κ3) is 3.82. The van der Waals surface area contributed by atoms with E-state index < -0.39 is 0 Å². The van der Waals surface area contributed by atoms with Gasteiger partial charge in [0.15, 0.2) is 0 Å². The Balaban J connectivity index is 1.28. The minimum Gasteiger partial charge on any atom is -0.373 e. The SMILES string of the molecule is O=C(Nc1n[nH]c(Cc2ccccc2)n1)NC1COC2(CCCC2)C1. The molecule has 2 fully saturated rings. The van der Waals surface area contributed by atoms with Gasteiger partial charge in [-0.2, -0.15) is 4.98 Å². The number of amides is 2. The molecule has 3 N–H and O–H groups in total. The molecule has 25 heavy (non-hydrogen) atoms. The molecule has 1 aromatic carbocycles. The second-order valence-corrected chi connectivity index (χ2v) is 6.97. The Morgan fingerprint density at radius 2 is 2.08 bits per heavy atom. The minimum absolute atomic E-state index is 0.00534. The summed E-state index contributed by atoms with van der Waals surface area (Å²) in [5.74, 6) is 1.01. The Morgan fingerprint density at radius 1 is 1.28 bits per heavy atom. The number of carbonyl (C=O) groups excluding carboxylic acids is 1. The largest absolute Gasteiger partial charge is 0.373 e. The van der Waals surface area contributed by atoms with Gasteiger partial charge in [0, 0.05) is 6.42 Å². The molecule has 1 aromatic heterocycles. The molecule has 1 aliphatic carbocycles. The predicted molar refractivity (Wildman–Crippen MR) is 93.3 cm³/mol. The van der Waals surface area contributed by atoms with Crippen molar-refractivity contribution in [3.63, 3.8) is 0 Å². The summed E-state index contributed by atoms with van der Waals surface area (Å²) >= 11 is 0. The number of hydrogen-bond acceptors (Lipinski definition) is 4. The van der Waals surface area contributed by atoms with Gasteiger partial charge in [-0.05, 0) is 24.8 Å². The number of ether oxygens (including phenoxy) is 1. The summed E-state index contributed by atoms with van der Waals surface area (Å²) in [6.45, 7) is 0.584. The molecular weight excluding hydrogens is 318 g/mol. The Labute approximate surface area is 146 Å². The molecule has 1 spiro atoms. The van der Waals surface area contributed by atoms with Gasteiger partial charge in [-0.15, -0.1) is 5.10 Å². The van der Waals surface area contributed by atoms with E-state index in [4.69, 9.17) is 4.74 Å². The number of carbonyl (C=O) groups is 1. The van der Waals surface area contributed by atoms with E-state index in [1.54, 1.807) is 0 Å². The molecule has 132 valence electrons. The number of aromatic amines is 1. The van der Waals surface area contributed by atoms with E-state index in [2.05, 4.69) is 25.8 Å². The van der Waals surface area contributed by atoms with Gasteiger partial charge in [-0.1, -0.05) is 43.2 Å². The number of hydrogen-bond donors (Lipinski definition) is 3. The molecule has 2 amide bonds. The summed E-state index contributed by atoms with van der Waals surface area (Å²) in [6, 6.07) is 9.78. The standard InChI is InChI=1S/C18H23N5O2/c24-17(19-14-11-18(25-12-14)8-4-5-9-18)21-16-20-15(22-23-16)10-13-6-2-1-3-7-13/h1-3,6-7,14H,4-5,8-12H2,(H3,19,20,21,22,23,24). The Kier molecular flexibility index (Phi) is 4.40. The Morgan fingerprint density at radius 3 is 2.88 bits per heavy atom. The highest BCUT2D eigenvalue weighted by atomic mass is 16.5. The first-order valence-electron chi connectivity index (χ1n) is 8.87. The van der Waals surface area contributed by atoms with Crippen molar-refractivity contribution in [1.82, 2.24) is 20.5 Å². The lowest BCUT2D eigenvalue weighted by Crippen LogP contribution is -2.39. The lowest BCUT2D eigenvalue weighted by molar-refractivity contribution is 0.00998. The molecule has 1 saturated carbocycles. The van der Waals surface area contributed by atoms with Crippen LogP contribution in [0.4, 0.5) is 10.7 Å².